The van der Waals surface area contributed by atoms with Crippen LogP contribution in [0.4, 0.5) is 0 Å². The zero-order valence-corrected chi connectivity index (χ0v) is 25.9. The fourth-order valence-corrected chi connectivity index (χ4v) is 4.87. The van der Waals surface area contributed by atoms with Crippen LogP contribution >= 0.6 is 0 Å². The van der Waals surface area contributed by atoms with E-state index in [2.05, 4.69) is 166 Å². The molecule has 1 aromatic carbocycles. The Labute approximate surface area is 240 Å². The van der Waals surface area contributed by atoms with Crippen molar-refractivity contribution in [1.82, 2.24) is 0 Å². The lowest BCUT2D eigenvalue weighted by molar-refractivity contribution is 0.377. The Morgan fingerprint density at radius 2 is 1.10 bits per heavy atom. The first-order chi connectivity index (χ1) is 18.5. The summed E-state index contributed by atoms with van der Waals surface area (Å²) in [6, 6.07) is 6.43. The second-order valence-electron chi connectivity index (χ2n) is 11.6. The Morgan fingerprint density at radius 3 is 1.62 bits per heavy atom. The minimum atomic E-state index is 0.289. The van der Waals surface area contributed by atoms with Crippen molar-refractivity contribution >= 4 is 6.08 Å². The summed E-state index contributed by atoms with van der Waals surface area (Å²) in [5, 5.41) is 0. The third-order valence-corrected chi connectivity index (χ3v) is 7.38. The molecule has 1 aliphatic carbocycles. The first-order valence-electron chi connectivity index (χ1n) is 14.3. The van der Waals surface area contributed by atoms with Gasteiger partial charge in [0.05, 0.1) is 0 Å². The molecule has 0 heterocycles. The van der Waals surface area contributed by atoms with Gasteiger partial charge in [0.2, 0.25) is 0 Å². The fraction of sp³-hybridized carbons (Fsp3) is 0.333. The van der Waals surface area contributed by atoms with Crippen LogP contribution < -0.4 is 0 Å². The summed E-state index contributed by atoms with van der Waals surface area (Å²) >= 11 is 0. The van der Waals surface area contributed by atoms with Crippen molar-refractivity contribution in [1.29, 1.82) is 0 Å². The molecule has 1 aromatic rings. The number of hydrogen-bond donors (Lipinski definition) is 0. The molecule has 0 aromatic heterocycles. The van der Waals surface area contributed by atoms with Gasteiger partial charge in [-0.15, -0.1) is 0 Å². The van der Waals surface area contributed by atoms with Crippen molar-refractivity contribution in [2.75, 3.05) is 0 Å². The molecule has 0 bridgehead atoms. The second kappa shape index (κ2) is 15.9. The van der Waals surface area contributed by atoms with E-state index in [1.165, 1.54) is 63.8 Å². The number of allylic oxidation sites excluding steroid dienone is 19. The van der Waals surface area contributed by atoms with Gasteiger partial charge >= 0.3 is 0 Å². The lowest BCUT2D eigenvalue weighted by atomic mass is 9.72. The molecule has 2 rings (SSSR count). The molecule has 0 radical (unpaired) electrons. The Kier molecular flexibility index (Phi) is 13.0. The van der Waals surface area contributed by atoms with Crippen molar-refractivity contribution in [3.8, 4) is 0 Å². The average Bonchev–Trinajstić information content (AvgIpc) is 2.85. The van der Waals surface area contributed by atoms with Crippen LogP contribution in [-0.2, 0) is 0 Å². The molecule has 1 aliphatic rings. The quantitative estimate of drug-likeness (QED) is 0.270. The summed E-state index contributed by atoms with van der Waals surface area (Å²) in [6.45, 7) is 19.9. The van der Waals surface area contributed by atoms with E-state index in [-0.39, 0.29) is 5.41 Å². The van der Waals surface area contributed by atoms with Crippen LogP contribution in [0.25, 0.3) is 6.08 Å². The standard InChI is InChI=1S/C39H50/c1-30(18-12-20-32(3)25-27-37-34(5)22-14-23-35(37)6)16-10-11-17-31(2)19-13-21-33(4)26-28-38-36(7)24-15-29-39(38,8)9/h10-14,16-23,25-28H,15,24,29H2,1-9H3/b11-10+,18-12+,19-13+,27-25+,28-26+,30-16+,31-17+,32-20+,33-21+. The Balaban J connectivity index is 1.88. The van der Waals surface area contributed by atoms with E-state index in [0.29, 0.717) is 0 Å². The van der Waals surface area contributed by atoms with Gasteiger partial charge < -0.3 is 0 Å². The zero-order valence-electron chi connectivity index (χ0n) is 25.9. The molecule has 0 N–H and O–H groups in total. The molecular weight excluding hydrogens is 468 g/mol. The lowest BCUT2D eigenvalue weighted by Crippen LogP contribution is -2.19. The highest BCUT2D eigenvalue weighted by molar-refractivity contribution is 5.59. The number of hydrogen-bond acceptors (Lipinski definition) is 0. The largest absolute Gasteiger partial charge is 0.0696 e. The van der Waals surface area contributed by atoms with Crippen LogP contribution in [0.1, 0.15) is 84.4 Å². The minimum Gasteiger partial charge on any atom is -0.0696 e. The van der Waals surface area contributed by atoms with Gasteiger partial charge in [-0.1, -0.05) is 145 Å². The van der Waals surface area contributed by atoms with E-state index in [0.717, 1.165) is 0 Å². The van der Waals surface area contributed by atoms with Crippen LogP contribution in [0.3, 0.4) is 0 Å². The normalized spacial score (nSPS) is 18.3. The molecule has 0 unspecified atom stereocenters. The number of aryl methyl sites for hydroxylation is 2. The van der Waals surface area contributed by atoms with Gasteiger partial charge in [-0.3, -0.25) is 0 Å². The summed E-state index contributed by atoms with van der Waals surface area (Å²) in [7, 11) is 0. The Bertz CT molecular complexity index is 1260. The van der Waals surface area contributed by atoms with Crippen LogP contribution in [0.15, 0.2) is 131 Å². The van der Waals surface area contributed by atoms with Crippen LogP contribution in [0.2, 0.25) is 0 Å². The van der Waals surface area contributed by atoms with E-state index in [1.54, 1.807) is 5.57 Å². The molecule has 206 valence electrons. The van der Waals surface area contributed by atoms with Gasteiger partial charge in [0.1, 0.15) is 0 Å². The molecule has 0 atom stereocenters. The summed E-state index contributed by atoms with van der Waals surface area (Å²) in [5.74, 6) is 0. The van der Waals surface area contributed by atoms with Crippen molar-refractivity contribution in [2.45, 2.75) is 81.6 Å². The monoisotopic (exact) mass is 518 g/mol. The van der Waals surface area contributed by atoms with Gasteiger partial charge in [-0.2, -0.15) is 0 Å². The molecule has 0 heteroatoms. The van der Waals surface area contributed by atoms with Gasteiger partial charge in [-0.05, 0) is 95.4 Å². The number of rotatable bonds is 10. The molecule has 0 aliphatic heterocycles. The molecule has 0 nitrogen and oxygen atoms in total. The van der Waals surface area contributed by atoms with Crippen LogP contribution in [0, 0.1) is 19.3 Å². The van der Waals surface area contributed by atoms with E-state index in [9.17, 15) is 0 Å². The van der Waals surface area contributed by atoms with Crippen molar-refractivity contribution < 1.29 is 0 Å². The van der Waals surface area contributed by atoms with E-state index >= 15 is 0 Å². The highest BCUT2D eigenvalue weighted by Crippen LogP contribution is 2.40. The van der Waals surface area contributed by atoms with Gasteiger partial charge in [0, 0.05) is 0 Å². The smallest absolute Gasteiger partial charge is 0.0104 e. The lowest BCUT2D eigenvalue weighted by Gasteiger charge is -2.32. The van der Waals surface area contributed by atoms with E-state index in [4.69, 9.17) is 0 Å². The van der Waals surface area contributed by atoms with Crippen molar-refractivity contribution in [2.24, 2.45) is 5.41 Å². The maximum atomic E-state index is 2.37. The van der Waals surface area contributed by atoms with Crippen molar-refractivity contribution in [3.05, 3.63) is 147 Å². The third-order valence-electron chi connectivity index (χ3n) is 7.38. The van der Waals surface area contributed by atoms with Gasteiger partial charge in [-0.25, -0.2) is 0 Å². The minimum absolute atomic E-state index is 0.289. The molecule has 0 amide bonds. The highest BCUT2D eigenvalue weighted by atomic mass is 14.3. The van der Waals surface area contributed by atoms with Gasteiger partial charge in [0.25, 0.3) is 0 Å². The molecular formula is C39H50. The first-order valence-corrected chi connectivity index (χ1v) is 14.3. The molecule has 0 spiro atoms. The third kappa shape index (κ3) is 11.5. The second-order valence-corrected chi connectivity index (χ2v) is 11.6. The summed E-state index contributed by atoms with van der Waals surface area (Å²) in [4.78, 5) is 0. The molecule has 0 saturated carbocycles. The zero-order chi connectivity index (χ0) is 28.8. The predicted octanol–water partition coefficient (Wildman–Crippen LogP) is 11.9. The van der Waals surface area contributed by atoms with Crippen LogP contribution in [0.5, 0.6) is 0 Å². The fourth-order valence-electron chi connectivity index (χ4n) is 4.87. The molecule has 39 heavy (non-hydrogen) atoms. The first kappa shape index (κ1) is 31.8. The Hall–Kier alpha value is -3.38. The van der Waals surface area contributed by atoms with Crippen molar-refractivity contribution in [3.63, 3.8) is 0 Å². The average molecular weight is 519 g/mol. The highest BCUT2D eigenvalue weighted by Gasteiger charge is 2.26. The van der Waals surface area contributed by atoms with Crippen LogP contribution in [-0.4, -0.2) is 0 Å². The summed E-state index contributed by atoms with van der Waals surface area (Å²) < 4.78 is 0. The molecule has 0 saturated heterocycles. The summed E-state index contributed by atoms with van der Waals surface area (Å²) in [6.07, 6.45) is 34.2. The molecule has 0 fully saturated rings. The topological polar surface area (TPSA) is 0 Å². The Morgan fingerprint density at radius 1 is 0.641 bits per heavy atom. The van der Waals surface area contributed by atoms with Gasteiger partial charge in [0.15, 0.2) is 0 Å². The SMILES string of the molecule is CC1=C(/C=C/C(C)=C/C=C/C(C)=C/C=C/C=C(C)/C=C/C=C(C)/C=C/c2c(C)cccc2C)C(C)(C)CCC1. The van der Waals surface area contributed by atoms with E-state index < -0.39 is 0 Å². The summed E-state index contributed by atoms with van der Waals surface area (Å²) in [5.41, 5.74) is 12.2. The maximum Gasteiger partial charge on any atom is -0.0104 e. The maximum absolute atomic E-state index is 2.37. The van der Waals surface area contributed by atoms with E-state index in [1.807, 2.05) is 0 Å². The number of benzene rings is 1. The predicted molar refractivity (Wildman–Crippen MR) is 177 cm³/mol.